The van der Waals surface area contributed by atoms with Crippen molar-refractivity contribution in [2.75, 3.05) is 5.75 Å². The number of rotatable bonds is 7. The van der Waals surface area contributed by atoms with Gasteiger partial charge in [-0.3, -0.25) is 9.59 Å². The second-order valence-electron chi connectivity index (χ2n) is 5.42. The molecule has 2 aromatic rings. The van der Waals surface area contributed by atoms with Crippen molar-refractivity contribution in [1.82, 2.24) is 15.3 Å². The molecule has 0 saturated carbocycles. The number of carbonyl (C=O) groups is 1. The van der Waals surface area contributed by atoms with Gasteiger partial charge in [0.2, 0.25) is 5.91 Å². The first-order chi connectivity index (χ1) is 11.5. The molecule has 1 amide bonds. The molecule has 0 saturated heterocycles. The average molecular weight is 366 g/mol. The number of aromatic amines is 1. The number of aromatic nitrogens is 2. The molecule has 0 radical (unpaired) electrons. The minimum absolute atomic E-state index is 0.117. The standard InChI is InChI=1S/C17H20ClN3O2S/c1-3-4-14-9-15(22)21-17(20-14)24-10-16(23)19-11(2)12-5-7-13(18)8-6-12/h5-9,11H,3-4,10H2,1-2H3,(H,19,23)(H,20,21,22)/t11-/m1/s1. The quantitative estimate of drug-likeness (QED) is 0.583. The van der Waals surface area contributed by atoms with Crippen molar-refractivity contribution in [3.8, 4) is 0 Å². The van der Waals surface area contributed by atoms with Gasteiger partial charge >= 0.3 is 0 Å². The first-order valence-corrected chi connectivity index (χ1v) is 9.12. The molecule has 2 rings (SSSR count). The van der Waals surface area contributed by atoms with E-state index >= 15 is 0 Å². The van der Waals surface area contributed by atoms with Crippen LogP contribution in [0.4, 0.5) is 0 Å². The molecule has 1 atom stereocenters. The highest BCUT2D eigenvalue weighted by Gasteiger charge is 2.11. The maximum absolute atomic E-state index is 12.1. The van der Waals surface area contributed by atoms with Crippen LogP contribution in [0.3, 0.4) is 0 Å². The summed E-state index contributed by atoms with van der Waals surface area (Å²) in [5.41, 5.74) is 1.54. The minimum atomic E-state index is -0.189. The Bertz CT molecular complexity index is 746. The van der Waals surface area contributed by atoms with Gasteiger partial charge in [-0.05, 0) is 31.0 Å². The fraction of sp³-hybridized carbons (Fsp3) is 0.353. The van der Waals surface area contributed by atoms with Crippen molar-refractivity contribution in [3.05, 3.63) is 57.0 Å². The number of nitrogens with one attached hydrogen (secondary N) is 2. The van der Waals surface area contributed by atoms with Gasteiger partial charge in [-0.1, -0.05) is 48.8 Å². The van der Waals surface area contributed by atoms with E-state index in [9.17, 15) is 9.59 Å². The van der Waals surface area contributed by atoms with E-state index in [0.29, 0.717) is 10.2 Å². The molecular formula is C17H20ClN3O2S. The van der Waals surface area contributed by atoms with Crippen LogP contribution < -0.4 is 10.9 Å². The molecule has 1 heterocycles. The first kappa shape index (κ1) is 18.5. The molecule has 0 spiro atoms. The van der Waals surface area contributed by atoms with Crippen LogP contribution in [0.5, 0.6) is 0 Å². The highest BCUT2D eigenvalue weighted by atomic mass is 35.5. The van der Waals surface area contributed by atoms with Gasteiger partial charge in [-0.2, -0.15) is 0 Å². The maximum Gasteiger partial charge on any atom is 0.251 e. The van der Waals surface area contributed by atoms with Crippen LogP contribution in [-0.4, -0.2) is 21.6 Å². The minimum Gasteiger partial charge on any atom is -0.349 e. The summed E-state index contributed by atoms with van der Waals surface area (Å²) in [7, 11) is 0. The van der Waals surface area contributed by atoms with Crippen molar-refractivity contribution >= 4 is 29.3 Å². The lowest BCUT2D eigenvalue weighted by Gasteiger charge is -2.14. The van der Waals surface area contributed by atoms with Gasteiger partial charge < -0.3 is 10.3 Å². The van der Waals surface area contributed by atoms with Gasteiger partial charge in [-0.15, -0.1) is 0 Å². The van der Waals surface area contributed by atoms with Crippen LogP contribution in [0, 0.1) is 0 Å². The molecule has 1 aromatic heterocycles. The summed E-state index contributed by atoms with van der Waals surface area (Å²) < 4.78 is 0. The van der Waals surface area contributed by atoms with Gasteiger partial charge in [0, 0.05) is 16.8 Å². The lowest BCUT2D eigenvalue weighted by molar-refractivity contribution is -0.119. The third-order valence-electron chi connectivity index (χ3n) is 3.37. The molecule has 0 unspecified atom stereocenters. The van der Waals surface area contributed by atoms with E-state index in [-0.39, 0.29) is 23.3 Å². The molecule has 5 nitrogen and oxygen atoms in total. The Kier molecular flexibility index (Phi) is 6.87. The molecule has 1 aromatic carbocycles. The number of carbonyl (C=O) groups excluding carboxylic acids is 1. The molecule has 0 aliphatic heterocycles. The Morgan fingerprint density at radius 1 is 1.38 bits per heavy atom. The second-order valence-corrected chi connectivity index (χ2v) is 6.82. The zero-order valence-corrected chi connectivity index (χ0v) is 15.2. The molecule has 0 fully saturated rings. The monoisotopic (exact) mass is 365 g/mol. The molecule has 0 bridgehead atoms. The predicted molar refractivity (Wildman–Crippen MR) is 97.6 cm³/mol. The highest BCUT2D eigenvalue weighted by molar-refractivity contribution is 7.99. The van der Waals surface area contributed by atoms with E-state index in [0.717, 1.165) is 24.1 Å². The molecule has 0 aliphatic carbocycles. The third kappa shape index (κ3) is 5.69. The van der Waals surface area contributed by atoms with Crippen molar-refractivity contribution in [3.63, 3.8) is 0 Å². The number of amides is 1. The fourth-order valence-electron chi connectivity index (χ4n) is 2.19. The summed E-state index contributed by atoms with van der Waals surface area (Å²) in [6.07, 6.45) is 1.66. The summed E-state index contributed by atoms with van der Waals surface area (Å²) in [4.78, 5) is 30.7. The largest absolute Gasteiger partial charge is 0.349 e. The highest BCUT2D eigenvalue weighted by Crippen LogP contribution is 2.17. The number of benzene rings is 1. The molecule has 0 aliphatic rings. The number of nitrogens with zero attached hydrogens (tertiary/aromatic N) is 1. The number of hydrogen-bond acceptors (Lipinski definition) is 4. The number of halogens is 1. The summed E-state index contributed by atoms with van der Waals surface area (Å²) >= 11 is 7.08. The van der Waals surface area contributed by atoms with Crippen LogP contribution in [0.2, 0.25) is 5.02 Å². The van der Waals surface area contributed by atoms with Crippen molar-refractivity contribution in [2.24, 2.45) is 0 Å². The van der Waals surface area contributed by atoms with Gasteiger partial charge in [0.15, 0.2) is 5.16 Å². The first-order valence-electron chi connectivity index (χ1n) is 7.75. The molecule has 24 heavy (non-hydrogen) atoms. The number of aryl methyl sites for hydroxylation is 1. The van der Waals surface area contributed by atoms with E-state index in [2.05, 4.69) is 15.3 Å². The van der Waals surface area contributed by atoms with Crippen molar-refractivity contribution in [2.45, 2.75) is 37.9 Å². The number of H-pyrrole nitrogens is 1. The van der Waals surface area contributed by atoms with Crippen LogP contribution in [0.1, 0.15) is 37.6 Å². The Balaban J connectivity index is 1.91. The van der Waals surface area contributed by atoms with Gasteiger partial charge in [-0.25, -0.2) is 4.98 Å². The van der Waals surface area contributed by atoms with Crippen LogP contribution in [0.15, 0.2) is 40.3 Å². The third-order valence-corrected chi connectivity index (χ3v) is 4.49. The molecule has 2 N–H and O–H groups in total. The summed E-state index contributed by atoms with van der Waals surface area (Å²) in [5.74, 6) is 0.0715. The van der Waals surface area contributed by atoms with Gasteiger partial charge in [0.25, 0.3) is 5.56 Å². The summed E-state index contributed by atoms with van der Waals surface area (Å²) in [6.45, 7) is 3.94. The second kappa shape index (κ2) is 8.89. The van der Waals surface area contributed by atoms with E-state index in [1.54, 1.807) is 12.1 Å². The summed E-state index contributed by atoms with van der Waals surface area (Å²) in [6, 6.07) is 8.73. The molecule has 7 heteroatoms. The smallest absolute Gasteiger partial charge is 0.251 e. The Morgan fingerprint density at radius 3 is 2.75 bits per heavy atom. The van der Waals surface area contributed by atoms with Crippen molar-refractivity contribution in [1.29, 1.82) is 0 Å². The lowest BCUT2D eigenvalue weighted by Crippen LogP contribution is -2.28. The topological polar surface area (TPSA) is 74.8 Å². The Labute approximate surface area is 150 Å². The zero-order chi connectivity index (χ0) is 17.5. The Hall–Kier alpha value is -1.79. The SMILES string of the molecule is CCCc1cc(=O)[nH]c(SCC(=O)N[C@H](C)c2ccc(Cl)cc2)n1. The van der Waals surface area contributed by atoms with Crippen LogP contribution in [0.25, 0.3) is 0 Å². The number of thioether (sulfide) groups is 1. The van der Waals surface area contributed by atoms with Crippen LogP contribution in [-0.2, 0) is 11.2 Å². The maximum atomic E-state index is 12.1. The fourth-order valence-corrected chi connectivity index (χ4v) is 3.02. The molecule has 128 valence electrons. The Morgan fingerprint density at radius 2 is 2.08 bits per heavy atom. The molecular weight excluding hydrogens is 346 g/mol. The zero-order valence-electron chi connectivity index (χ0n) is 13.6. The van der Waals surface area contributed by atoms with E-state index in [4.69, 9.17) is 11.6 Å². The normalized spacial score (nSPS) is 12.0. The average Bonchev–Trinajstić information content (AvgIpc) is 2.53. The predicted octanol–water partition coefficient (Wildman–Crippen LogP) is 3.35. The van der Waals surface area contributed by atoms with Crippen LogP contribution >= 0.6 is 23.4 Å². The van der Waals surface area contributed by atoms with Gasteiger partial charge in [0.05, 0.1) is 11.8 Å². The van der Waals surface area contributed by atoms with Crippen molar-refractivity contribution < 1.29 is 4.79 Å². The lowest BCUT2D eigenvalue weighted by atomic mass is 10.1. The van der Waals surface area contributed by atoms with E-state index in [1.165, 1.54) is 17.8 Å². The summed E-state index contributed by atoms with van der Waals surface area (Å²) in [5, 5.41) is 4.05. The number of hydrogen-bond donors (Lipinski definition) is 2. The van der Waals surface area contributed by atoms with E-state index in [1.807, 2.05) is 26.0 Å². The van der Waals surface area contributed by atoms with Gasteiger partial charge in [0.1, 0.15) is 0 Å². The van der Waals surface area contributed by atoms with E-state index < -0.39 is 0 Å².